The Balaban J connectivity index is 3.00. The third-order valence-electron chi connectivity index (χ3n) is 3.76. The van der Waals surface area contributed by atoms with Crippen molar-refractivity contribution in [2.45, 2.75) is 26.8 Å². The Hall–Kier alpha value is -2.29. The maximum Gasteiger partial charge on any atom is 0.341 e. The van der Waals surface area contributed by atoms with Gasteiger partial charge in [0, 0.05) is 24.4 Å². The molecule has 0 heterocycles. The van der Waals surface area contributed by atoms with Crippen molar-refractivity contribution in [3.8, 4) is 11.5 Å². The van der Waals surface area contributed by atoms with Crippen LogP contribution in [-0.4, -0.2) is 68.1 Å². The Bertz CT molecular complexity index is 745. The van der Waals surface area contributed by atoms with Crippen LogP contribution in [0.25, 0.3) is 0 Å². The number of hydrogen-bond donors (Lipinski definition) is 1. The molecule has 0 fully saturated rings. The van der Waals surface area contributed by atoms with Gasteiger partial charge in [-0.2, -0.15) is 0 Å². The Morgan fingerprint density at radius 3 is 2.38 bits per heavy atom. The van der Waals surface area contributed by atoms with Gasteiger partial charge in [0.15, 0.2) is 27.9 Å². The third-order valence-corrected chi connectivity index (χ3v) is 5.63. The highest BCUT2D eigenvalue weighted by Crippen LogP contribution is 2.29. The first-order valence-corrected chi connectivity index (χ1v) is 10.0. The monoisotopic (exact) mass is 387 g/mol. The molecule has 1 N–H and O–H groups in total. The van der Waals surface area contributed by atoms with Crippen LogP contribution in [0.2, 0.25) is 0 Å². The molecular formula is C17H25NO7S. The minimum Gasteiger partial charge on any atom is -0.490 e. The molecule has 1 aromatic carbocycles. The lowest BCUT2D eigenvalue weighted by Crippen LogP contribution is -2.39. The topological polar surface area (TPSA) is 110 Å². The smallest absolute Gasteiger partial charge is 0.341 e. The van der Waals surface area contributed by atoms with E-state index < -0.39 is 28.5 Å². The molecule has 8 nitrogen and oxygen atoms in total. The fourth-order valence-electron chi connectivity index (χ4n) is 2.17. The summed E-state index contributed by atoms with van der Waals surface area (Å²) in [6, 6.07) is 3.91. The summed E-state index contributed by atoms with van der Waals surface area (Å²) in [7, 11) is -1.68. The molecule has 1 unspecified atom stereocenters. The minimum atomic E-state index is -3.21. The molecule has 0 bridgehead atoms. The molecule has 1 atom stereocenters. The van der Waals surface area contributed by atoms with Gasteiger partial charge in [0.05, 0.1) is 12.4 Å². The molecule has 146 valence electrons. The Morgan fingerprint density at radius 2 is 1.85 bits per heavy atom. The number of carbonyl (C=O) groups excluding carboxylic acids is 1. The van der Waals surface area contributed by atoms with Gasteiger partial charge in [0.1, 0.15) is 0 Å². The van der Waals surface area contributed by atoms with Crippen LogP contribution >= 0.6 is 0 Å². The van der Waals surface area contributed by atoms with Crippen molar-refractivity contribution in [3.63, 3.8) is 0 Å². The number of sulfone groups is 1. The molecule has 26 heavy (non-hydrogen) atoms. The summed E-state index contributed by atoms with van der Waals surface area (Å²) in [4.78, 5) is 24.6. The molecule has 0 saturated heterocycles. The first-order chi connectivity index (χ1) is 12.1. The van der Waals surface area contributed by atoms with Gasteiger partial charge in [-0.3, -0.25) is 4.79 Å². The number of rotatable bonds is 10. The van der Waals surface area contributed by atoms with Crippen molar-refractivity contribution < 1.29 is 32.6 Å². The largest absolute Gasteiger partial charge is 0.490 e. The van der Waals surface area contributed by atoms with Crippen LogP contribution in [-0.2, 0) is 14.6 Å². The summed E-state index contributed by atoms with van der Waals surface area (Å²) in [6.45, 7) is 4.76. The van der Waals surface area contributed by atoms with Crippen molar-refractivity contribution in [2.75, 3.05) is 31.8 Å². The van der Waals surface area contributed by atoms with Gasteiger partial charge in [0.25, 0.3) is 5.91 Å². The Labute approximate surface area is 153 Å². The van der Waals surface area contributed by atoms with E-state index in [0.717, 1.165) is 0 Å². The normalized spacial score (nSPS) is 12.3. The van der Waals surface area contributed by atoms with E-state index in [1.54, 1.807) is 20.8 Å². The highest BCUT2D eigenvalue weighted by Gasteiger charge is 2.23. The zero-order valence-corrected chi connectivity index (χ0v) is 16.2. The van der Waals surface area contributed by atoms with Crippen molar-refractivity contribution in [1.82, 2.24) is 4.90 Å². The van der Waals surface area contributed by atoms with E-state index in [-0.39, 0.29) is 28.9 Å². The number of hydrogen-bond acceptors (Lipinski definition) is 6. The minimum absolute atomic E-state index is 0.0173. The lowest BCUT2D eigenvalue weighted by atomic mass is 10.1. The number of amides is 1. The number of carboxylic acid groups (broad SMARTS) is 1. The molecule has 0 saturated carbocycles. The fraction of sp³-hybridized carbons (Fsp3) is 0.529. The second-order valence-electron chi connectivity index (χ2n) is 5.74. The van der Waals surface area contributed by atoms with Crippen molar-refractivity contribution in [3.05, 3.63) is 23.8 Å². The number of aliphatic carboxylic acids is 1. The van der Waals surface area contributed by atoms with Crippen LogP contribution in [0.3, 0.4) is 0 Å². The molecule has 0 aliphatic heterocycles. The van der Waals surface area contributed by atoms with E-state index in [4.69, 9.17) is 14.6 Å². The fourth-order valence-corrected chi connectivity index (χ4v) is 3.36. The molecule has 0 aliphatic rings. The molecule has 9 heteroatoms. The van der Waals surface area contributed by atoms with E-state index >= 15 is 0 Å². The lowest BCUT2D eigenvalue weighted by molar-refractivity contribution is -0.139. The Kier molecular flexibility index (Phi) is 7.88. The van der Waals surface area contributed by atoms with E-state index in [1.807, 2.05) is 0 Å². The van der Waals surface area contributed by atoms with E-state index in [1.165, 1.54) is 30.1 Å². The van der Waals surface area contributed by atoms with Crippen LogP contribution in [0.5, 0.6) is 11.5 Å². The van der Waals surface area contributed by atoms with E-state index in [2.05, 4.69) is 0 Å². The highest BCUT2D eigenvalue weighted by atomic mass is 32.2. The zero-order chi connectivity index (χ0) is 19.9. The maximum absolute atomic E-state index is 12.6. The quantitative estimate of drug-likeness (QED) is 0.647. The molecule has 0 aromatic heterocycles. The summed E-state index contributed by atoms with van der Waals surface area (Å²) in [5, 5.41) is 8.71. The highest BCUT2D eigenvalue weighted by molar-refractivity contribution is 7.91. The van der Waals surface area contributed by atoms with Gasteiger partial charge in [-0.15, -0.1) is 0 Å². The molecule has 1 rings (SSSR count). The van der Waals surface area contributed by atoms with Crippen LogP contribution in [0, 0.1) is 0 Å². The van der Waals surface area contributed by atoms with Gasteiger partial charge in [-0.05, 0) is 32.0 Å². The van der Waals surface area contributed by atoms with E-state index in [0.29, 0.717) is 12.2 Å². The van der Waals surface area contributed by atoms with Gasteiger partial charge in [0.2, 0.25) is 0 Å². The van der Waals surface area contributed by atoms with Crippen LogP contribution in [0.4, 0.5) is 0 Å². The van der Waals surface area contributed by atoms with Crippen LogP contribution in [0.15, 0.2) is 18.2 Å². The first kappa shape index (κ1) is 21.8. The second-order valence-corrected chi connectivity index (χ2v) is 8.14. The molecule has 0 spiro atoms. The second kappa shape index (κ2) is 9.42. The van der Waals surface area contributed by atoms with Gasteiger partial charge in [-0.1, -0.05) is 6.92 Å². The van der Waals surface area contributed by atoms with Gasteiger partial charge < -0.3 is 19.5 Å². The first-order valence-electron chi connectivity index (χ1n) is 8.20. The third kappa shape index (κ3) is 6.21. The van der Waals surface area contributed by atoms with Crippen molar-refractivity contribution in [1.29, 1.82) is 0 Å². The maximum atomic E-state index is 12.6. The van der Waals surface area contributed by atoms with Crippen molar-refractivity contribution >= 4 is 21.7 Å². The molecule has 0 aliphatic carbocycles. The summed E-state index contributed by atoms with van der Waals surface area (Å²) in [6.07, 6.45) is 0. The Morgan fingerprint density at radius 1 is 1.19 bits per heavy atom. The van der Waals surface area contributed by atoms with Crippen molar-refractivity contribution in [2.24, 2.45) is 0 Å². The lowest BCUT2D eigenvalue weighted by Gasteiger charge is -2.25. The molecule has 0 radical (unpaired) electrons. The number of carboxylic acids is 1. The van der Waals surface area contributed by atoms with Gasteiger partial charge in [-0.25, -0.2) is 13.2 Å². The number of ether oxygens (including phenoxy) is 2. The van der Waals surface area contributed by atoms with Crippen LogP contribution in [0.1, 0.15) is 31.1 Å². The molecule has 1 aromatic rings. The van der Waals surface area contributed by atoms with Crippen LogP contribution < -0.4 is 9.47 Å². The SMILES string of the molecule is CCOc1cc(C(=O)N(C)C(C)CS(=O)(=O)CC)ccc1OCC(=O)O. The summed E-state index contributed by atoms with van der Waals surface area (Å²) >= 11 is 0. The number of nitrogens with zero attached hydrogens (tertiary/aromatic N) is 1. The zero-order valence-electron chi connectivity index (χ0n) is 15.4. The molecule has 1 amide bonds. The number of benzene rings is 1. The average molecular weight is 387 g/mol. The summed E-state index contributed by atoms with van der Waals surface area (Å²) in [5.74, 6) is -1.13. The summed E-state index contributed by atoms with van der Waals surface area (Å²) < 4.78 is 34.1. The summed E-state index contributed by atoms with van der Waals surface area (Å²) in [5.41, 5.74) is 0.291. The molecular weight excluding hydrogens is 362 g/mol. The average Bonchev–Trinajstić information content (AvgIpc) is 2.59. The number of carbonyl (C=O) groups is 2. The van der Waals surface area contributed by atoms with Gasteiger partial charge >= 0.3 is 5.97 Å². The predicted octanol–water partition coefficient (Wildman–Crippen LogP) is 1.44. The standard InChI is InChI=1S/C17H25NO7S/c1-5-24-15-9-13(7-8-14(15)25-10-16(19)20)17(21)18(4)12(3)11-26(22,23)6-2/h7-9,12H,5-6,10-11H2,1-4H3,(H,19,20). The van der Waals surface area contributed by atoms with E-state index in [9.17, 15) is 18.0 Å². The predicted molar refractivity (Wildman–Crippen MR) is 96.6 cm³/mol.